The Morgan fingerprint density at radius 3 is 2.69 bits per heavy atom. The molecule has 2 aliphatic rings. The van der Waals surface area contributed by atoms with E-state index in [1.807, 2.05) is 12.1 Å². The van der Waals surface area contributed by atoms with E-state index in [1.165, 1.54) is 10.6 Å². The number of anilines is 3. The zero-order valence-corrected chi connectivity index (χ0v) is 22.3. The van der Waals surface area contributed by atoms with Crippen molar-refractivity contribution in [2.75, 3.05) is 66.7 Å². The van der Waals surface area contributed by atoms with Crippen LogP contribution in [-0.4, -0.2) is 85.9 Å². The molecule has 3 aromatic heterocycles. The maximum atomic E-state index is 14.9. The Kier molecular flexibility index (Phi) is 7.44. The summed E-state index contributed by atoms with van der Waals surface area (Å²) >= 11 is -0.742. The molecule has 6 rings (SSSR count). The van der Waals surface area contributed by atoms with Crippen LogP contribution in [0.25, 0.3) is 17.1 Å². The first-order chi connectivity index (χ1) is 19.0. The lowest BCUT2D eigenvalue weighted by molar-refractivity contribution is 0.189. The van der Waals surface area contributed by atoms with Crippen LogP contribution >= 0.6 is 0 Å². The Balaban J connectivity index is 0.985. The van der Waals surface area contributed by atoms with Crippen molar-refractivity contribution in [1.29, 1.82) is 0 Å². The average Bonchev–Trinajstić information content (AvgIpc) is 3.61. The Labute approximate surface area is 228 Å². The maximum absolute atomic E-state index is 14.9. The van der Waals surface area contributed by atoms with E-state index in [1.54, 1.807) is 24.5 Å². The van der Waals surface area contributed by atoms with Crippen LogP contribution in [0.3, 0.4) is 0 Å². The number of fused-ring (bicyclic) bond motifs is 1. The SMILES string of the molecule is Nc1nc(NCCN2CCN(c3ccc(O[C@H]4CC[S@+]([O-])CC4)cc3F)CC2)nc2cc(-c3ccco3)nn12. The third kappa shape index (κ3) is 5.89. The highest BCUT2D eigenvalue weighted by atomic mass is 32.2. The minimum atomic E-state index is -0.742. The van der Waals surface area contributed by atoms with Crippen molar-refractivity contribution in [2.45, 2.75) is 18.9 Å². The molecule has 13 heteroatoms. The molecule has 206 valence electrons. The zero-order chi connectivity index (χ0) is 26.8. The van der Waals surface area contributed by atoms with Crippen LogP contribution < -0.4 is 20.7 Å². The zero-order valence-electron chi connectivity index (χ0n) is 21.5. The van der Waals surface area contributed by atoms with Gasteiger partial charge in [-0.2, -0.15) is 19.6 Å². The molecule has 4 aromatic rings. The fraction of sp³-hybridized carbons (Fsp3) is 0.423. The number of nitrogen functional groups attached to an aromatic ring is 1. The summed E-state index contributed by atoms with van der Waals surface area (Å²) in [5.41, 5.74) is 7.91. The number of aromatic nitrogens is 4. The van der Waals surface area contributed by atoms with Gasteiger partial charge in [0, 0.05) is 64.2 Å². The van der Waals surface area contributed by atoms with Gasteiger partial charge in [-0.15, -0.1) is 0 Å². The third-order valence-corrected chi connectivity index (χ3v) is 8.49. The number of benzene rings is 1. The van der Waals surface area contributed by atoms with Crippen LogP contribution in [0.5, 0.6) is 5.75 Å². The lowest BCUT2D eigenvalue weighted by Gasteiger charge is -2.36. The van der Waals surface area contributed by atoms with Gasteiger partial charge in [0.25, 0.3) is 0 Å². The number of ether oxygens (including phenoxy) is 1. The van der Waals surface area contributed by atoms with Crippen LogP contribution in [0.15, 0.2) is 47.1 Å². The summed E-state index contributed by atoms with van der Waals surface area (Å²) in [6, 6.07) is 10.5. The fourth-order valence-corrected chi connectivity index (χ4v) is 6.23. The highest BCUT2D eigenvalue weighted by molar-refractivity contribution is 7.91. The van der Waals surface area contributed by atoms with Gasteiger partial charge in [-0.1, -0.05) is 11.2 Å². The molecular weight excluding hydrogens is 523 g/mol. The summed E-state index contributed by atoms with van der Waals surface area (Å²) in [5.74, 6) is 2.88. The van der Waals surface area contributed by atoms with E-state index < -0.39 is 11.2 Å². The van der Waals surface area contributed by atoms with E-state index in [-0.39, 0.29) is 17.9 Å². The number of hydrogen-bond acceptors (Lipinski definition) is 10. The molecular formula is C26H31FN8O3S. The van der Waals surface area contributed by atoms with E-state index in [0.29, 0.717) is 52.5 Å². The van der Waals surface area contributed by atoms with Gasteiger partial charge < -0.3 is 29.7 Å². The standard InChI is InChI=1S/C26H31FN8O3S/c27-20-16-19(38-18-5-14-39(36)15-6-18)3-4-22(20)34-11-9-33(10-12-34)8-7-29-26-30-24-17-21(23-2-1-13-37-23)32-35(24)25(28)31-26/h1-4,13,16-18H,5-12,14-15H2,(H3,28,29,30,31)/t18-,39-. The maximum Gasteiger partial charge on any atom is 0.228 e. The highest BCUT2D eigenvalue weighted by Gasteiger charge is 2.24. The molecule has 1 aromatic carbocycles. The molecule has 0 amide bonds. The Morgan fingerprint density at radius 1 is 1.13 bits per heavy atom. The number of piperazine rings is 1. The lowest BCUT2D eigenvalue weighted by Crippen LogP contribution is -2.48. The summed E-state index contributed by atoms with van der Waals surface area (Å²) in [4.78, 5) is 13.2. The van der Waals surface area contributed by atoms with Gasteiger partial charge in [-0.25, -0.2) is 4.39 Å². The molecule has 0 atom stereocenters. The summed E-state index contributed by atoms with van der Waals surface area (Å²) in [6.45, 7) is 4.52. The Morgan fingerprint density at radius 2 is 1.95 bits per heavy atom. The van der Waals surface area contributed by atoms with E-state index in [9.17, 15) is 8.94 Å². The number of hydrogen-bond donors (Lipinski definition) is 2. The number of nitrogens with one attached hydrogen (secondary N) is 1. The van der Waals surface area contributed by atoms with Crippen molar-refractivity contribution in [1.82, 2.24) is 24.5 Å². The normalized spacial score (nSPS) is 20.4. The van der Waals surface area contributed by atoms with E-state index in [2.05, 4.69) is 30.2 Å². The molecule has 11 nitrogen and oxygen atoms in total. The third-order valence-electron chi connectivity index (χ3n) is 7.10. The molecule has 5 heterocycles. The number of halogens is 1. The molecule has 3 N–H and O–H groups in total. The van der Waals surface area contributed by atoms with Crippen molar-refractivity contribution in [3.63, 3.8) is 0 Å². The molecule has 0 spiro atoms. The number of rotatable bonds is 8. The highest BCUT2D eigenvalue weighted by Crippen LogP contribution is 2.27. The second-order valence-corrected chi connectivity index (χ2v) is 11.4. The van der Waals surface area contributed by atoms with Crippen molar-refractivity contribution in [2.24, 2.45) is 0 Å². The first-order valence-corrected chi connectivity index (χ1v) is 14.6. The summed E-state index contributed by atoms with van der Waals surface area (Å²) in [5, 5.41) is 7.66. The smallest absolute Gasteiger partial charge is 0.228 e. The molecule has 0 saturated carbocycles. The van der Waals surface area contributed by atoms with Crippen LogP contribution in [0.1, 0.15) is 12.8 Å². The van der Waals surface area contributed by atoms with Crippen molar-refractivity contribution >= 4 is 34.4 Å². The van der Waals surface area contributed by atoms with Gasteiger partial charge in [-0.05, 0) is 24.3 Å². The van der Waals surface area contributed by atoms with Gasteiger partial charge in [0.15, 0.2) is 11.4 Å². The van der Waals surface area contributed by atoms with Crippen LogP contribution in [0.4, 0.5) is 22.0 Å². The van der Waals surface area contributed by atoms with Crippen LogP contribution in [0.2, 0.25) is 0 Å². The monoisotopic (exact) mass is 554 g/mol. The van der Waals surface area contributed by atoms with Gasteiger partial charge in [0.05, 0.1) is 12.0 Å². The molecule has 2 fully saturated rings. The Hall–Kier alpha value is -3.55. The number of nitrogens with zero attached hydrogens (tertiary/aromatic N) is 6. The summed E-state index contributed by atoms with van der Waals surface area (Å²) in [7, 11) is 0. The van der Waals surface area contributed by atoms with Crippen molar-refractivity contribution in [3.05, 3.63) is 48.5 Å². The topological polar surface area (TPSA) is 133 Å². The van der Waals surface area contributed by atoms with Gasteiger partial charge >= 0.3 is 0 Å². The average molecular weight is 555 g/mol. The molecule has 2 saturated heterocycles. The molecule has 0 unspecified atom stereocenters. The first kappa shape index (κ1) is 25.7. The number of furan rings is 1. The number of nitrogens with two attached hydrogens (primary N) is 1. The molecule has 0 aliphatic carbocycles. The summed E-state index contributed by atoms with van der Waals surface area (Å²) in [6.07, 6.45) is 3.09. The predicted molar refractivity (Wildman–Crippen MR) is 148 cm³/mol. The first-order valence-electron chi connectivity index (χ1n) is 13.1. The minimum Gasteiger partial charge on any atom is -0.616 e. The largest absolute Gasteiger partial charge is 0.616 e. The van der Waals surface area contributed by atoms with Crippen LogP contribution in [-0.2, 0) is 11.2 Å². The minimum absolute atomic E-state index is 0.00756. The quantitative estimate of drug-likeness (QED) is 0.313. The predicted octanol–water partition coefficient (Wildman–Crippen LogP) is 2.63. The Bertz CT molecular complexity index is 1400. The van der Waals surface area contributed by atoms with Crippen molar-refractivity contribution in [3.8, 4) is 17.2 Å². The fourth-order valence-electron chi connectivity index (χ4n) is 4.97. The van der Waals surface area contributed by atoms with E-state index in [0.717, 1.165) is 45.6 Å². The van der Waals surface area contributed by atoms with Crippen molar-refractivity contribution < 1.29 is 18.1 Å². The second kappa shape index (κ2) is 11.3. The molecule has 39 heavy (non-hydrogen) atoms. The second-order valence-electron chi connectivity index (χ2n) is 9.72. The van der Waals surface area contributed by atoms with Gasteiger partial charge in [0.2, 0.25) is 11.9 Å². The lowest BCUT2D eigenvalue weighted by atomic mass is 10.2. The van der Waals surface area contributed by atoms with Gasteiger partial charge in [-0.3, -0.25) is 4.90 Å². The van der Waals surface area contributed by atoms with Crippen LogP contribution in [0, 0.1) is 5.82 Å². The van der Waals surface area contributed by atoms with Gasteiger partial charge in [0.1, 0.15) is 34.9 Å². The molecule has 2 aliphatic heterocycles. The van der Waals surface area contributed by atoms with E-state index >= 15 is 0 Å². The van der Waals surface area contributed by atoms with E-state index in [4.69, 9.17) is 14.9 Å². The molecule has 0 radical (unpaired) electrons. The molecule has 0 bridgehead atoms. The summed E-state index contributed by atoms with van der Waals surface area (Å²) < 4.78 is 39.3.